The van der Waals surface area contributed by atoms with Crippen molar-refractivity contribution in [3.05, 3.63) is 24.3 Å². The molecule has 0 aromatic heterocycles. The molecule has 2 rings (SSSR count). The Morgan fingerprint density at radius 2 is 2.26 bits per heavy atom. The zero-order chi connectivity index (χ0) is 19.8. The number of ether oxygens (including phenoxy) is 2. The fourth-order valence-corrected chi connectivity index (χ4v) is 2.82. The summed E-state index contributed by atoms with van der Waals surface area (Å²) in [4.78, 5) is 26.7. The number of carbonyl (C=O) groups is 2. The summed E-state index contributed by atoms with van der Waals surface area (Å²) in [5.74, 6) is -0.167. The highest BCUT2D eigenvalue weighted by Gasteiger charge is 2.25. The highest BCUT2D eigenvalue weighted by Crippen LogP contribution is 2.20. The highest BCUT2D eigenvalue weighted by molar-refractivity contribution is 5.89. The summed E-state index contributed by atoms with van der Waals surface area (Å²) in [5, 5.41) is 11.7. The molecule has 1 saturated heterocycles. The number of hydrogen-bond acceptors (Lipinski definition) is 5. The number of likely N-dealkylation sites (N-methyl/N-ethyl adjacent to an activating group) is 1. The molecule has 0 bridgehead atoms. The zero-order valence-electron chi connectivity index (χ0n) is 16.2. The predicted molar refractivity (Wildman–Crippen MR) is 102 cm³/mol. The molecule has 1 heterocycles. The van der Waals surface area contributed by atoms with E-state index in [0.29, 0.717) is 31.9 Å². The van der Waals surface area contributed by atoms with Crippen molar-refractivity contribution in [2.75, 3.05) is 45.2 Å². The number of anilines is 1. The molecule has 0 radical (unpaired) electrons. The van der Waals surface area contributed by atoms with Gasteiger partial charge >= 0.3 is 12.0 Å². The third kappa shape index (κ3) is 7.07. The van der Waals surface area contributed by atoms with Gasteiger partial charge in [-0.25, -0.2) is 4.79 Å². The predicted octanol–water partition coefficient (Wildman–Crippen LogP) is 2.11. The number of nitrogens with zero attached hydrogens (tertiary/aromatic N) is 2. The molecule has 8 heteroatoms. The summed E-state index contributed by atoms with van der Waals surface area (Å²) in [6.07, 6.45) is 0.801. The number of hydrogen-bond donors (Lipinski definition) is 2. The van der Waals surface area contributed by atoms with Crippen molar-refractivity contribution in [2.45, 2.75) is 32.5 Å². The van der Waals surface area contributed by atoms with Gasteiger partial charge < -0.3 is 24.8 Å². The Balaban J connectivity index is 1.89. The molecule has 2 N–H and O–H groups in total. The topological polar surface area (TPSA) is 91.3 Å². The lowest BCUT2D eigenvalue weighted by atomic mass is 10.2. The lowest BCUT2D eigenvalue weighted by molar-refractivity contribution is -0.138. The number of benzene rings is 1. The van der Waals surface area contributed by atoms with E-state index in [9.17, 15) is 9.59 Å². The van der Waals surface area contributed by atoms with Crippen molar-refractivity contribution in [1.82, 2.24) is 9.80 Å². The fraction of sp³-hybridized carbons (Fsp3) is 0.579. The van der Waals surface area contributed by atoms with Crippen LogP contribution in [-0.2, 0) is 9.53 Å². The van der Waals surface area contributed by atoms with Crippen molar-refractivity contribution in [1.29, 1.82) is 0 Å². The maximum Gasteiger partial charge on any atom is 0.322 e. The largest absolute Gasteiger partial charge is 0.491 e. The lowest BCUT2D eigenvalue weighted by Crippen LogP contribution is -2.50. The molecule has 2 atom stereocenters. The Bertz CT molecular complexity index is 640. The molecule has 1 aliphatic heterocycles. The maximum absolute atomic E-state index is 12.6. The first kappa shape index (κ1) is 21.0. The Kier molecular flexibility index (Phi) is 7.87. The van der Waals surface area contributed by atoms with Crippen LogP contribution in [0.25, 0.3) is 0 Å². The van der Waals surface area contributed by atoms with Gasteiger partial charge in [0.25, 0.3) is 0 Å². The molecule has 27 heavy (non-hydrogen) atoms. The summed E-state index contributed by atoms with van der Waals surface area (Å²) >= 11 is 0. The molecule has 0 aliphatic carbocycles. The maximum atomic E-state index is 12.6. The number of nitrogens with one attached hydrogen (secondary N) is 1. The van der Waals surface area contributed by atoms with E-state index >= 15 is 0 Å². The van der Waals surface area contributed by atoms with E-state index < -0.39 is 5.97 Å². The van der Waals surface area contributed by atoms with Gasteiger partial charge in [0.15, 0.2) is 0 Å². The van der Waals surface area contributed by atoms with Crippen LogP contribution in [0, 0.1) is 0 Å². The van der Waals surface area contributed by atoms with Crippen molar-refractivity contribution in [3.63, 3.8) is 0 Å². The molecule has 1 aliphatic rings. The van der Waals surface area contributed by atoms with E-state index in [0.717, 1.165) is 12.2 Å². The summed E-state index contributed by atoms with van der Waals surface area (Å²) in [6, 6.07) is 7.13. The fourth-order valence-electron chi connectivity index (χ4n) is 2.82. The minimum atomic E-state index is -0.887. The molecule has 0 saturated carbocycles. The van der Waals surface area contributed by atoms with Crippen LogP contribution in [-0.4, -0.2) is 78.9 Å². The minimum Gasteiger partial charge on any atom is -0.491 e. The zero-order valence-corrected chi connectivity index (χ0v) is 16.2. The standard InChI is InChI=1S/C19H29N3O5/c1-4-14(2)27-16-7-5-6-15(10-16)20-19(25)22-8-9-26-17(12-22)11-21(3)13-18(23)24/h5-7,10,14,17H,4,8-9,11-13H2,1-3H3,(H,20,25)(H,23,24). The summed E-state index contributed by atoms with van der Waals surface area (Å²) in [5.41, 5.74) is 0.673. The SMILES string of the molecule is CCC(C)Oc1cccc(NC(=O)N2CCOC(CN(C)CC(=O)O)C2)c1. The molecule has 2 amide bonds. The number of aliphatic carboxylic acids is 1. The first-order valence-corrected chi connectivity index (χ1v) is 9.22. The monoisotopic (exact) mass is 379 g/mol. The summed E-state index contributed by atoms with van der Waals surface area (Å²) in [6.45, 7) is 5.78. The third-order valence-corrected chi connectivity index (χ3v) is 4.34. The van der Waals surface area contributed by atoms with Gasteiger partial charge in [-0.2, -0.15) is 0 Å². The second-order valence-electron chi connectivity index (χ2n) is 6.82. The molecule has 1 aromatic carbocycles. The van der Waals surface area contributed by atoms with Gasteiger partial charge in [0, 0.05) is 31.4 Å². The molecule has 2 unspecified atom stereocenters. The van der Waals surface area contributed by atoms with E-state index in [1.807, 2.05) is 31.2 Å². The van der Waals surface area contributed by atoms with E-state index in [1.165, 1.54) is 0 Å². The minimum absolute atomic E-state index is 0.0605. The van der Waals surface area contributed by atoms with Crippen LogP contribution in [0.5, 0.6) is 5.75 Å². The summed E-state index contributed by atoms with van der Waals surface area (Å²) in [7, 11) is 1.72. The van der Waals surface area contributed by atoms with Gasteiger partial charge in [0.05, 0.1) is 25.4 Å². The molecule has 8 nitrogen and oxygen atoms in total. The van der Waals surface area contributed by atoms with E-state index in [4.69, 9.17) is 14.6 Å². The highest BCUT2D eigenvalue weighted by atomic mass is 16.5. The number of carbonyl (C=O) groups excluding carboxylic acids is 1. The average Bonchev–Trinajstić information content (AvgIpc) is 2.61. The van der Waals surface area contributed by atoms with Crippen LogP contribution in [0.2, 0.25) is 0 Å². The molecular formula is C19H29N3O5. The van der Waals surface area contributed by atoms with Crippen molar-refractivity contribution in [2.24, 2.45) is 0 Å². The van der Waals surface area contributed by atoms with Gasteiger partial charge in [-0.3, -0.25) is 9.69 Å². The number of rotatable bonds is 8. The molecule has 1 aromatic rings. The number of carboxylic acid groups (broad SMARTS) is 1. The third-order valence-electron chi connectivity index (χ3n) is 4.34. The van der Waals surface area contributed by atoms with Crippen LogP contribution >= 0.6 is 0 Å². The van der Waals surface area contributed by atoms with Crippen LogP contribution in [0.4, 0.5) is 10.5 Å². The van der Waals surface area contributed by atoms with E-state index in [-0.39, 0.29) is 24.8 Å². The Hall–Kier alpha value is -2.32. The van der Waals surface area contributed by atoms with Gasteiger partial charge in [0.1, 0.15) is 5.75 Å². The van der Waals surface area contributed by atoms with Crippen molar-refractivity contribution in [3.8, 4) is 5.75 Å². The Labute approximate surface area is 160 Å². The first-order chi connectivity index (χ1) is 12.9. The number of carboxylic acids is 1. The molecule has 150 valence electrons. The Morgan fingerprint density at radius 3 is 2.96 bits per heavy atom. The van der Waals surface area contributed by atoms with Gasteiger partial charge in [-0.05, 0) is 32.5 Å². The average molecular weight is 379 g/mol. The number of urea groups is 1. The first-order valence-electron chi connectivity index (χ1n) is 9.22. The van der Waals surface area contributed by atoms with E-state index in [2.05, 4.69) is 12.2 Å². The smallest absolute Gasteiger partial charge is 0.322 e. The number of amides is 2. The van der Waals surface area contributed by atoms with Crippen LogP contribution in [0.3, 0.4) is 0 Å². The van der Waals surface area contributed by atoms with Gasteiger partial charge in [0.2, 0.25) is 0 Å². The quantitative estimate of drug-likeness (QED) is 0.719. The van der Waals surface area contributed by atoms with Crippen molar-refractivity contribution >= 4 is 17.7 Å². The van der Waals surface area contributed by atoms with Crippen LogP contribution < -0.4 is 10.1 Å². The normalized spacial score (nSPS) is 18.2. The van der Waals surface area contributed by atoms with Gasteiger partial charge in [-0.15, -0.1) is 0 Å². The van der Waals surface area contributed by atoms with Crippen LogP contribution in [0.15, 0.2) is 24.3 Å². The second-order valence-corrected chi connectivity index (χ2v) is 6.82. The summed E-state index contributed by atoms with van der Waals surface area (Å²) < 4.78 is 11.4. The number of morpholine rings is 1. The lowest BCUT2D eigenvalue weighted by Gasteiger charge is -2.34. The molecule has 1 fully saturated rings. The Morgan fingerprint density at radius 1 is 1.48 bits per heavy atom. The van der Waals surface area contributed by atoms with Crippen molar-refractivity contribution < 1.29 is 24.2 Å². The molecule has 0 spiro atoms. The van der Waals surface area contributed by atoms with Crippen LogP contribution in [0.1, 0.15) is 20.3 Å². The van der Waals surface area contributed by atoms with Gasteiger partial charge in [-0.1, -0.05) is 13.0 Å². The molecular weight excluding hydrogens is 350 g/mol. The second kappa shape index (κ2) is 10.1. The van der Waals surface area contributed by atoms with E-state index in [1.54, 1.807) is 16.8 Å².